The molecule has 0 bridgehead atoms. The number of furan rings is 1. The van der Waals surface area contributed by atoms with Crippen molar-refractivity contribution < 1.29 is 27.5 Å². The summed E-state index contributed by atoms with van der Waals surface area (Å²) in [5, 5.41) is 11.2. The first kappa shape index (κ1) is 17.0. The quantitative estimate of drug-likeness (QED) is 0.782. The van der Waals surface area contributed by atoms with Crippen molar-refractivity contribution in [3.63, 3.8) is 0 Å². The predicted octanol–water partition coefficient (Wildman–Crippen LogP) is 0.903. The zero-order valence-corrected chi connectivity index (χ0v) is 14.1. The minimum Gasteiger partial charge on any atom is -0.475 e. The number of sulfonamides is 1. The van der Waals surface area contributed by atoms with Gasteiger partial charge in [-0.25, -0.2) is 13.2 Å². The normalized spacial score (nSPS) is 27.1. The van der Waals surface area contributed by atoms with Gasteiger partial charge in [-0.1, -0.05) is 6.92 Å². The summed E-state index contributed by atoms with van der Waals surface area (Å²) in [6.07, 6.45) is 2.10. The Labute approximate surface area is 139 Å². The van der Waals surface area contributed by atoms with E-state index in [4.69, 9.17) is 9.52 Å². The standard InChI is InChI=1S/C15H20N2O6S/c1-9-7-10(9)8-16-14(18)11-3-2-6-17(11)24(21,22)13-5-4-12(23-13)15(19)20/h4-5,9-11H,2-3,6-8H2,1H3,(H,16,18)(H,19,20). The monoisotopic (exact) mass is 356 g/mol. The molecule has 2 aliphatic rings. The topological polar surface area (TPSA) is 117 Å². The molecule has 1 aliphatic heterocycles. The van der Waals surface area contributed by atoms with Crippen molar-refractivity contribution in [2.24, 2.45) is 11.8 Å². The van der Waals surface area contributed by atoms with Gasteiger partial charge in [-0.05, 0) is 43.2 Å². The zero-order valence-electron chi connectivity index (χ0n) is 13.3. The van der Waals surface area contributed by atoms with Crippen LogP contribution >= 0.6 is 0 Å². The van der Waals surface area contributed by atoms with E-state index in [1.165, 1.54) is 0 Å². The van der Waals surface area contributed by atoms with Crippen LogP contribution in [0.2, 0.25) is 0 Å². The second kappa shape index (κ2) is 6.21. The van der Waals surface area contributed by atoms with Gasteiger partial charge in [-0.3, -0.25) is 4.79 Å². The van der Waals surface area contributed by atoms with Crippen molar-refractivity contribution in [2.45, 2.75) is 37.3 Å². The van der Waals surface area contributed by atoms with E-state index in [9.17, 15) is 18.0 Å². The average Bonchev–Trinajstić information content (AvgIpc) is 3.01. The van der Waals surface area contributed by atoms with Gasteiger partial charge in [0.25, 0.3) is 10.0 Å². The van der Waals surface area contributed by atoms with Crippen LogP contribution in [0.1, 0.15) is 36.7 Å². The molecule has 3 unspecified atom stereocenters. The molecule has 1 saturated carbocycles. The molecule has 9 heteroatoms. The molecular weight excluding hydrogens is 336 g/mol. The van der Waals surface area contributed by atoms with Crippen molar-refractivity contribution in [1.29, 1.82) is 0 Å². The highest BCUT2D eigenvalue weighted by Crippen LogP contribution is 2.37. The first-order valence-electron chi connectivity index (χ1n) is 7.93. The van der Waals surface area contributed by atoms with E-state index in [2.05, 4.69) is 12.2 Å². The van der Waals surface area contributed by atoms with Gasteiger partial charge in [0, 0.05) is 13.1 Å². The summed E-state index contributed by atoms with van der Waals surface area (Å²) in [6.45, 7) is 2.89. The molecule has 24 heavy (non-hydrogen) atoms. The molecular formula is C15H20N2O6S. The van der Waals surface area contributed by atoms with Crippen LogP contribution in [0.5, 0.6) is 0 Å². The summed E-state index contributed by atoms with van der Waals surface area (Å²) in [7, 11) is -4.04. The van der Waals surface area contributed by atoms with Gasteiger partial charge in [0.05, 0.1) is 0 Å². The van der Waals surface area contributed by atoms with Crippen LogP contribution in [0.15, 0.2) is 21.6 Å². The molecule has 3 atom stereocenters. The van der Waals surface area contributed by atoms with Crippen LogP contribution in [-0.2, 0) is 14.8 Å². The van der Waals surface area contributed by atoms with E-state index in [0.717, 1.165) is 22.9 Å². The lowest BCUT2D eigenvalue weighted by Gasteiger charge is -2.22. The summed E-state index contributed by atoms with van der Waals surface area (Å²) in [5.74, 6) is -1.02. The summed E-state index contributed by atoms with van der Waals surface area (Å²) < 4.78 is 31.3. The van der Waals surface area contributed by atoms with Crippen molar-refractivity contribution in [1.82, 2.24) is 9.62 Å². The number of carboxylic acid groups (broad SMARTS) is 1. The molecule has 1 aliphatic carbocycles. The van der Waals surface area contributed by atoms with Gasteiger partial charge in [0.2, 0.25) is 16.8 Å². The van der Waals surface area contributed by atoms with Crippen molar-refractivity contribution >= 4 is 21.9 Å². The molecule has 1 aromatic rings. The van der Waals surface area contributed by atoms with Gasteiger partial charge >= 0.3 is 5.97 Å². The highest BCUT2D eigenvalue weighted by Gasteiger charge is 2.42. The average molecular weight is 356 g/mol. The highest BCUT2D eigenvalue weighted by molar-refractivity contribution is 7.89. The first-order chi connectivity index (χ1) is 11.3. The minimum absolute atomic E-state index is 0.212. The third-order valence-corrected chi connectivity index (χ3v) is 6.46. The van der Waals surface area contributed by atoms with Crippen LogP contribution in [0.4, 0.5) is 0 Å². The van der Waals surface area contributed by atoms with E-state index in [-0.39, 0.29) is 12.5 Å². The summed E-state index contributed by atoms with van der Waals surface area (Å²) in [5.41, 5.74) is 0. The number of nitrogens with zero attached hydrogens (tertiary/aromatic N) is 1. The van der Waals surface area contributed by atoms with Crippen LogP contribution in [0.25, 0.3) is 0 Å². The molecule has 1 aromatic heterocycles. The first-order valence-corrected chi connectivity index (χ1v) is 9.37. The molecule has 1 amide bonds. The Morgan fingerprint density at radius 1 is 1.42 bits per heavy atom. The van der Waals surface area contributed by atoms with E-state index in [1.54, 1.807) is 0 Å². The molecule has 132 valence electrons. The number of nitrogens with one attached hydrogen (secondary N) is 1. The molecule has 0 radical (unpaired) electrons. The number of hydrogen-bond donors (Lipinski definition) is 2. The summed E-state index contributed by atoms with van der Waals surface area (Å²) in [6, 6.07) is 1.43. The Balaban J connectivity index is 1.73. The molecule has 2 N–H and O–H groups in total. The number of rotatable bonds is 6. The number of hydrogen-bond acceptors (Lipinski definition) is 5. The largest absolute Gasteiger partial charge is 0.475 e. The Hall–Kier alpha value is -1.87. The van der Waals surface area contributed by atoms with Gasteiger partial charge in [0.15, 0.2) is 0 Å². The lowest BCUT2D eigenvalue weighted by molar-refractivity contribution is -0.124. The third-order valence-electron chi connectivity index (χ3n) is 4.68. The lowest BCUT2D eigenvalue weighted by Crippen LogP contribution is -2.46. The van der Waals surface area contributed by atoms with E-state index in [0.29, 0.717) is 31.2 Å². The molecule has 0 spiro atoms. The number of amides is 1. The fourth-order valence-electron chi connectivity index (χ4n) is 3.01. The van der Waals surface area contributed by atoms with Crippen molar-refractivity contribution in [2.75, 3.05) is 13.1 Å². The lowest BCUT2D eigenvalue weighted by atomic mass is 10.2. The summed E-state index contributed by atoms with van der Waals surface area (Å²) >= 11 is 0. The summed E-state index contributed by atoms with van der Waals surface area (Å²) in [4.78, 5) is 23.2. The van der Waals surface area contributed by atoms with Crippen LogP contribution < -0.4 is 5.32 Å². The van der Waals surface area contributed by atoms with Crippen LogP contribution in [-0.4, -0.2) is 48.8 Å². The molecule has 8 nitrogen and oxygen atoms in total. The SMILES string of the molecule is CC1CC1CNC(=O)C1CCCN1S(=O)(=O)c1ccc(C(=O)O)o1. The van der Waals surface area contributed by atoms with E-state index < -0.39 is 32.9 Å². The van der Waals surface area contributed by atoms with Gasteiger partial charge < -0.3 is 14.8 Å². The Morgan fingerprint density at radius 3 is 2.71 bits per heavy atom. The Kier molecular flexibility index (Phi) is 4.39. The maximum absolute atomic E-state index is 12.6. The second-order valence-corrected chi connectivity index (χ2v) is 8.24. The molecule has 0 aromatic carbocycles. The van der Waals surface area contributed by atoms with Gasteiger partial charge in [-0.15, -0.1) is 0 Å². The second-order valence-electron chi connectivity index (χ2n) is 6.42. The molecule has 3 rings (SSSR count). The fourth-order valence-corrected chi connectivity index (χ4v) is 4.58. The number of carbonyl (C=O) groups excluding carboxylic acids is 1. The van der Waals surface area contributed by atoms with Crippen LogP contribution in [0.3, 0.4) is 0 Å². The Bertz CT molecular complexity index is 756. The van der Waals surface area contributed by atoms with E-state index >= 15 is 0 Å². The number of carbonyl (C=O) groups is 2. The van der Waals surface area contributed by atoms with Crippen molar-refractivity contribution in [3.05, 3.63) is 17.9 Å². The third kappa shape index (κ3) is 3.18. The maximum atomic E-state index is 12.6. The van der Waals surface area contributed by atoms with Crippen LogP contribution in [0, 0.1) is 11.8 Å². The maximum Gasteiger partial charge on any atom is 0.371 e. The molecule has 2 heterocycles. The van der Waals surface area contributed by atoms with Gasteiger partial charge in [0.1, 0.15) is 6.04 Å². The zero-order chi connectivity index (χ0) is 17.5. The minimum atomic E-state index is -4.04. The van der Waals surface area contributed by atoms with E-state index in [1.807, 2.05) is 0 Å². The highest BCUT2D eigenvalue weighted by atomic mass is 32.2. The number of carboxylic acids is 1. The fraction of sp³-hybridized carbons (Fsp3) is 0.600. The van der Waals surface area contributed by atoms with Gasteiger partial charge in [-0.2, -0.15) is 4.31 Å². The molecule has 2 fully saturated rings. The predicted molar refractivity (Wildman–Crippen MR) is 82.9 cm³/mol. The Morgan fingerprint density at radius 2 is 2.12 bits per heavy atom. The van der Waals surface area contributed by atoms with Crippen molar-refractivity contribution in [3.8, 4) is 0 Å². The molecule has 1 saturated heterocycles. The smallest absolute Gasteiger partial charge is 0.371 e. The number of aromatic carboxylic acids is 1.